The Morgan fingerprint density at radius 2 is 2.23 bits per heavy atom. The Balaban J connectivity index is 2.19. The summed E-state index contributed by atoms with van der Waals surface area (Å²) in [6.45, 7) is 1.58. The van der Waals surface area contributed by atoms with Gasteiger partial charge in [-0.2, -0.15) is 0 Å². The molecule has 0 aromatic rings. The highest BCUT2D eigenvalue weighted by atomic mass is 127. The Labute approximate surface area is 89.7 Å². The molecule has 0 aromatic carbocycles. The number of hydrogen-bond acceptors (Lipinski definition) is 3. The molecule has 0 aromatic heterocycles. The number of carbonyl (C=O) groups excluding carboxylic acids is 2. The van der Waals surface area contributed by atoms with Gasteiger partial charge in [0.1, 0.15) is 5.54 Å². The molecule has 6 heteroatoms. The van der Waals surface area contributed by atoms with Crippen molar-refractivity contribution in [3.8, 4) is 0 Å². The molecule has 1 unspecified atom stereocenters. The molecule has 2 rings (SSSR count). The molecule has 3 amide bonds. The highest BCUT2D eigenvalue weighted by Crippen LogP contribution is 2.25. The van der Waals surface area contributed by atoms with Gasteiger partial charge >= 0.3 is 6.03 Å². The van der Waals surface area contributed by atoms with Gasteiger partial charge in [-0.25, -0.2) is 7.91 Å². The van der Waals surface area contributed by atoms with E-state index in [-0.39, 0.29) is 11.9 Å². The van der Waals surface area contributed by atoms with Crippen molar-refractivity contribution < 1.29 is 9.59 Å². The quantitative estimate of drug-likeness (QED) is 0.376. The number of piperidine rings is 1. The molecular formula is C7H10IN3O2. The van der Waals surface area contributed by atoms with Crippen LogP contribution >= 0.6 is 22.9 Å². The molecule has 0 aliphatic carbocycles. The van der Waals surface area contributed by atoms with Crippen LogP contribution in [0.3, 0.4) is 0 Å². The maximum absolute atomic E-state index is 11.5. The third kappa shape index (κ3) is 1.52. The van der Waals surface area contributed by atoms with Crippen LogP contribution < -0.4 is 10.6 Å². The number of imide groups is 1. The van der Waals surface area contributed by atoms with Crippen molar-refractivity contribution >= 4 is 34.8 Å². The highest BCUT2D eigenvalue weighted by molar-refractivity contribution is 14.1. The van der Waals surface area contributed by atoms with Gasteiger partial charge in [-0.15, -0.1) is 0 Å². The summed E-state index contributed by atoms with van der Waals surface area (Å²) in [5.74, 6) is -0.182. The Morgan fingerprint density at radius 3 is 2.77 bits per heavy atom. The van der Waals surface area contributed by atoms with Crippen LogP contribution in [0, 0.1) is 0 Å². The van der Waals surface area contributed by atoms with E-state index < -0.39 is 5.54 Å². The summed E-state index contributed by atoms with van der Waals surface area (Å²) in [6, 6.07) is -0.364. The van der Waals surface area contributed by atoms with Gasteiger partial charge in [-0.1, -0.05) is 0 Å². The predicted molar refractivity (Wildman–Crippen MR) is 54.2 cm³/mol. The Bertz CT molecular complexity index is 270. The fourth-order valence-electron chi connectivity index (χ4n) is 1.82. The highest BCUT2D eigenvalue weighted by Gasteiger charge is 2.48. The van der Waals surface area contributed by atoms with Crippen molar-refractivity contribution in [3.63, 3.8) is 0 Å². The van der Waals surface area contributed by atoms with E-state index in [1.54, 1.807) is 0 Å². The molecule has 1 spiro atoms. The molecule has 13 heavy (non-hydrogen) atoms. The van der Waals surface area contributed by atoms with Crippen molar-refractivity contribution in [2.45, 2.75) is 18.4 Å². The molecule has 5 nitrogen and oxygen atoms in total. The van der Waals surface area contributed by atoms with E-state index in [2.05, 4.69) is 33.5 Å². The van der Waals surface area contributed by atoms with Gasteiger partial charge in [-0.3, -0.25) is 10.1 Å². The number of amides is 3. The number of carbonyl (C=O) groups is 2. The lowest BCUT2D eigenvalue weighted by Gasteiger charge is -2.34. The number of nitrogens with zero attached hydrogens (tertiary/aromatic N) is 1. The van der Waals surface area contributed by atoms with Crippen LogP contribution in [0.1, 0.15) is 12.8 Å². The number of urea groups is 1. The van der Waals surface area contributed by atoms with Gasteiger partial charge < -0.3 is 5.32 Å². The second-order valence-corrected chi connectivity index (χ2v) is 4.80. The molecule has 72 valence electrons. The first-order chi connectivity index (χ1) is 6.12. The molecule has 2 heterocycles. The van der Waals surface area contributed by atoms with Gasteiger partial charge in [0.2, 0.25) is 0 Å². The minimum Gasteiger partial charge on any atom is -0.322 e. The number of halogens is 1. The largest absolute Gasteiger partial charge is 0.322 e. The average molecular weight is 295 g/mol. The zero-order valence-electron chi connectivity index (χ0n) is 6.97. The van der Waals surface area contributed by atoms with Crippen molar-refractivity contribution in [1.29, 1.82) is 0 Å². The fraction of sp³-hybridized carbons (Fsp3) is 0.714. The molecule has 1 atom stereocenters. The van der Waals surface area contributed by atoms with E-state index in [1.807, 2.05) is 3.11 Å². The molecule has 0 saturated carbocycles. The van der Waals surface area contributed by atoms with Crippen molar-refractivity contribution in [2.75, 3.05) is 13.1 Å². The first-order valence-electron chi connectivity index (χ1n) is 4.17. The molecule has 2 saturated heterocycles. The van der Waals surface area contributed by atoms with Crippen molar-refractivity contribution in [3.05, 3.63) is 0 Å². The van der Waals surface area contributed by atoms with Gasteiger partial charge in [0.25, 0.3) is 5.91 Å². The second kappa shape index (κ2) is 3.09. The average Bonchev–Trinajstić information content (AvgIpc) is 2.26. The van der Waals surface area contributed by atoms with E-state index in [0.29, 0.717) is 6.54 Å². The van der Waals surface area contributed by atoms with E-state index in [4.69, 9.17) is 0 Å². The first kappa shape index (κ1) is 9.20. The Morgan fingerprint density at radius 1 is 1.46 bits per heavy atom. The van der Waals surface area contributed by atoms with Crippen molar-refractivity contribution in [2.24, 2.45) is 0 Å². The van der Waals surface area contributed by atoms with Gasteiger partial charge in [0, 0.05) is 36.0 Å². The predicted octanol–water partition coefficient (Wildman–Crippen LogP) is 0.0104. The van der Waals surface area contributed by atoms with E-state index in [9.17, 15) is 9.59 Å². The van der Waals surface area contributed by atoms with Crippen LogP contribution in [0.2, 0.25) is 0 Å². The molecule has 2 aliphatic heterocycles. The van der Waals surface area contributed by atoms with Crippen molar-refractivity contribution in [1.82, 2.24) is 13.7 Å². The smallest absolute Gasteiger partial charge is 0.322 e. The minimum atomic E-state index is -0.656. The standard InChI is InChI=1S/C7H10IN3O2/c8-11-3-1-2-7(4-11)5(12)9-6(13)10-7/h1-4H2,(H2,9,10,12,13). The summed E-state index contributed by atoms with van der Waals surface area (Å²) in [5, 5.41) is 4.98. The lowest BCUT2D eigenvalue weighted by molar-refractivity contribution is -0.125. The molecular weight excluding hydrogens is 285 g/mol. The maximum Gasteiger partial charge on any atom is 0.322 e. The van der Waals surface area contributed by atoms with Crippen LogP contribution in [0.5, 0.6) is 0 Å². The summed E-state index contributed by atoms with van der Waals surface area (Å²) in [6.07, 6.45) is 1.68. The minimum absolute atomic E-state index is 0.182. The lowest BCUT2D eigenvalue weighted by atomic mass is 9.90. The Hall–Kier alpha value is -0.370. The van der Waals surface area contributed by atoms with Gasteiger partial charge in [0.05, 0.1) is 0 Å². The zero-order valence-corrected chi connectivity index (χ0v) is 9.13. The molecule has 2 fully saturated rings. The summed E-state index contributed by atoms with van der Waals surface area (Å²) >= 11 is 2.18. The fourth-order valence-corrected chi connectivity index (χ4v) is 2.74. The molecule has 0 bridgehead atoms. The maximum atomic E-state index is 11.5. The van der Waals surface area contributed by atoms with E-state index in [1.165, 1.54) is 0 Å². The van der Waals surface area contributed by atoms with Gasteiger partial charge in [-0.05, 0) is 12.8 Å². The van der Waals surface area contributed by atoms with Crippen LogP contribution in [-0.4, -0.2) is 33.7 Å². The second-order valence-electron chi connectivity index (χ2n) is 3.44. The molecule has 2 N–H and O–H groups in total. The van der Waals surface area contributed by atoms with Crippen LogP contribution in [-0.2, 0) is 4.79 Å². The third-order valence-corrected chi connectivity index (χ3v) is 3.28. The summed E-state index contributed by atoms with van der Waals surface area (Å²) in [5.41, 5.74) is -0.656. The normalized spacial score (nSPS) is 34.8. The lowest BCUT2D eigenvalue weighted by Crippen LogP contribution is -2.56. The summed E-state index contributed by atoms with van der Waals surface area (Å²) in [7, 11) is 0. The monoisotopic (exact) mass is 295 g/mol. The summed E-state index contributed by atoms with van der Waals surface area (Å²) in [4.78, 5) is 22.5. The first-order valence-corrected chi connectivity index (χ1v) is 5.13. The Kier molecular flexibility index (Phi) is 2.18. The SMILES string of the molecule is O=C1NC(=O)C2(CCCN(I)C2)N1. The van der Waals surface area contributed by atoms with E-state index >= 15 is 0 Å². The topological polar surface area (TPSA) is 61.4 Å². The van der Waals surface area contributed by atoms with Crippen LogP contribution in [0.4, 0.5) is 4.79 Å². The third-order valence-electron chi connectivity index (χ3n) is 2.46. The molecule has 0 radical (unpaired) electrons. The molecule has 2 aliphatic rings. The van der Waals surface area contributed by atoms with E-state index in [0.717, 1.165) is 19.4 Å². The van der Waals surface area contributed by atoms with Gasteiger partial charge in [0.15, 0.2) is 0 Å². The van der Waals surface area contributed by atoms with Crippen LogP contribution in [0.25, 0.3) is 0 Å². The number of rotatable bonds is 0. The number of hydrogen-bond donors (Lipinski definition) is 2. The zero-order chi connectivity index (χ0) is 9.47. The van der Waals surface area contributed by atoms with Crippen LogP contribution in [0.15, 0.2) is 0 Å². The number of nitrogens with one attached hydrogen (secondary N) is 2. The summed E-state index contributed by atoms with van der Waals surface area (Å²) < 4.78 is 2.03.